The molecule has 0 aliphatic rings. The first kappa shape index (κ1) is 25.8. The van der Waals surface area contributed by atoms with Gasteiger partial charge < -0.3 is 10.1 Å². The fourth-order valence-corrected chi connectivity index (χ4v) is 4.33. The Kier molecular flexibility index (Phi) is 8.03. The molecule has 11 heteroatoms. The molecular formula is C25H18BrCl2FN4O3. The molecule has 0 radical (unpaired) electrons. The molecule has 0 aliphatic heterocycles. The molecule has 0 saturated heterocycles. The number of halogens is 4. The number of carbonyl (C=O) groups excluding carboxylic acids is 1. The second-order valence-electron chi connectivity index (χ2n) is 7.57. The summed E-state index contributed by atoms with van der Waals surface area (Å²) in [6.07, 6.45) is 1.93. The summed E-state index contributed by atoms with van der Waals surface area (Å²) in [5.74, 6) is -0.390. The summed E-state index contributed by atoms with van der Waals surface area (Å²) in [5.41, 5.74) is 1.07. The van der Waals surface area contributed by atoms with Gasteiger partial charge in [-0.15, -0.1) is 0 Å². The molecule has 1 aromatic heterocycles. The van der Waals surface area contributed by atoms with Crippen molar-refractivity contribution in [2.45, 2.75) is 13.3 Å². The zero-order valence-corrected chi connectivity index (χ0v) is 21.9. The maximum Gasteiger partial charge on any atom is 0.282 e. The highest BCUT2D eigenvalue weighted by Crippen LogP contribution is 2.34. The maximum absolute atomic E-state index is 13.3. The molecule has 0 saturated carbocycles. The van der Waals surface area contributed by atoms with Crippen molar-refractivity contribution in [3.05, 3.63) is 96.7 Å². The number of amides is 1. The number of anilines is 1. The molecule has 0 spiro atoms. The van der Waals surface area contributed by atoms with Gasteiger partial charge in [-0.05, 0) is 54.1 Å². The third-order valence-corrected chi connectivity index (χ3v) is 6.05. The Balaban J connectivity index is 1.53. The number of nitrogens with one attached hydrogen (secondary N) is 1. The highest BCUT2D eigenvalue weighted by atomic mass is 79.9. The van der Waals surface area contributed by atoms with Crippen LogP contribution in [0, 0.1) is 5.82 Å². The molecule has 0 unspecified atom stereocenters. The van der Waals surface area contributed by atoms with Crippen LogP contribution in [0.3, 0.4) is 0 Å². The van der Waals surface area contributed by atoms with Crippen LogP contribution in [0.1, 0.15) is 18.3 Å². The van der Waals surface area contributed by atoms with Crippen LogP contribution >= 0.6 is 39.1 Å². The molecule has 1 N–H and O–H groups in total. The average molecular weight is 592 g/mol. The van der Waals surface area contributed by atoms with Crippen LogP contribution in [0.2, 0.25) is 10.0 Å². The van der Waals surface area contributed by atoms with Crippen LogP contribution < -0.4 is 15.6 Å². The first-order chi connectivity index (χ1) is 17.2. The van der Waals surface area contributed by atoms with Gasteiger partial charge in [0.15, 0.2) is 12.4 Å². The number of benzene rings is 3. The summed E-state index contributed by atoms with van der Waals surface area (Å²) in [5, 5.41) is 7.55. The van der Waals surface area contributed by atoms with E-state index in [1.165, 1.54) is 29.1 Å². The Labute approximate surface area is 223 Å². The Morgan fingerprint density at radius 3 is 2.64 bits per heavy atom. The van der Waals surface area contributed by atoms with Crippen molar-refractivity contribution in [2.75, 3.05) is 11.9 Å². The summed E-state index contributed by atoms with van der Waals surface area (Å²) in [6, 6.07) is 13.8. The van der Waals surface area contributed by atoms with Crippen LogP contribution in [0.25, 0.3) is 10.9 Å². The van der Waals surface area contributed by atoms with Gasteiger partial charge in [0.2, 0.25) is 0 Å². The molecule has 0 aliphatic carbocycles. The largest absolute Gasteiger partial charge is 0.481 e. The van der Waals surface area contributed by atoms with Crippen molar-refractivity contribution in [3.8, 4) is 5.75 Å². The van der Waals surface area contributed by atoms with E-state index >= 15 is 0 Å². The van der Waals surface area contributed by atoms with E-state index < -0.39 is 18.3 Å². The molecular weight excluding hydrogens is 574 g/mol. The number of carbonyl (C=O) groups is 1. The lowest BCUT2D eigenvalue weighted by Crippen LogP contribution is -2.22. The molecule has 4 aromatic rings. The number of aromatic nitrogens is 2. The first-order valence-electron chi connectivity index (χ1n) is 10.7. The average Bonchev–Trinajstić information content (AvgIpc) is 2.83. The van der Waals surface area contributed by atoms with E-state index in [2.05, 4.69) is 31.3 Å². The minimum Gasteiger partial charge on any atom is -0.481 e. The number of rotatable bonds is 7. The van der Waals surface area contributed by atoms with E-state index in [-0.39, 0.29) is 21.4 Å². The summed E-state index contributed by atoms with van der Waals surface area (Å²) in [6.45, 7) is 1.49. The molecule has 184 valence electrons. The van der Waals surface area contributed by atoms with Crippen LogP contribution in [0.4, 0.5) is 10.1 Å². The summed E-state index contributed by atoms with van der Waals surface area (Å²) in [4.78, 5) is 29.7. The van der Waals surface area contributed by atoms with Crippen molar-refractivity contribution >= 4 is 67.8 Å². The molecule has 1 heterocycles. The Morgan fingerprint density at radius 2 is 1.94 bits per heavy atom. The fraction of sp³-hybridized carbons (Fsp3) is 0.120. The van der Waals surface area contributed by atoms with Gasteiger partial charge in [0, 0.05) is 16.6 Å². The zero-order valence-electron chi connectivity index (χ0n) is 18.8. The maximum atomic E-state index is 13.3. The smallest absolute Gasteiger partial charge is 0.282 e. The van der Waals surface area contributed by atoms with Crippen molar-refractivity contribution < 1.29 is 13.9 Å². The van der Waals surface area contributed by atoms with Gasteiger partial charge in [-0.3, -0.25) is 9.59 Å². The van der Waals surface area contributed by atoms with E-state index in [9.17, 15) is 14.0 Å². The number of aryl methyl sites for hydroxylation is 1. The fourth-order valence-electron chi connectivity index (χ4n) is 3.36. The molecule has 7 nitrogen and oxygen atoms in total. The van der Waals surface area contributed by atoms with Gasteiger partial charge in [0.1, 0.15) is 11.6 Å². The second-order valence-corrected chi connectivity index (χ2v) is 9.30. The third-order valence-electron chi connectivity index (χ3n) is 4.99. The molecule has 0 bridgehead atoms. The van der Waals surface area contributed by atoms with Crippen molar-refractivity contribution in [1.82, 2.24) is 9.66 Å². The van der Waals surface area contributed by atoms with Gasteiger partial charge in [-0.25, -0.2) is 9.37 Å². The molecule has 0 atom stereocenters. The van der Waals surface area contributed by atoms with E-state index in [0.29, 0.717) is 34.4 Å². The number of nitrogens with zero attached hydrogens (tertiary/aromatic N) is 3. The SMILES string of the molecule is CCc1nc2ccc(Br)cc2c(=O)n1N=Cc1cc(Cl)c(OCC(=O)Nc2cccc(F)c2)c(Cl)c1. The number of hydrogen-bond acceptors (Lipinski definition) is 5. The Morgan fingerprint density at radius 1 is 1.19 bits per heavy atom. The van der Waals surface area contributed by atoms with Crippen LogP contribution in [-0.4, -0.2) is 28.4 Å². The van der Waals surface area contributed by atoms with E-state index in [1.807, 2.05) is 13.0 Å². The Bertz CT molecular complexity index is 1540. The van der Waals surface area contributed by atoms with Crippen molar-refractivity contribution in [3.63, 3.8) is 0 Å². The molecule has 3 aromatic carbocycles. The number of fused-ring (bicyclic) bond motifs is 1. The van der Waals surface area contributed by atoms with Gasteiger partial charge in [-0.1, -0.05) is 52.1 Å². The van der Waals surface area contributed by atoms with E-state index in [1.54, 1.807) is 30.3 Å². The van der Waals surface area contributed by atoms with Gasteiger partial charge >= 0.3 is 0 Å². The quantitative estimate of drug-likeness (QED) is 0.264. The lowest BCUT2D eigenvalue weighted by atomic mass is 10.2. The summed E-state index contributed by atoms with van der Waals surface area (Å²) in [7, 11) is 0. The zero-order chi connectivity index (χ0) is 25.8. The second kappa shape index (κ2) is 11.2. The Hall–Kier alpha value is -3.27. The lowest BCUT2D eigenvalue weighted by molar-refractivity contribution is -0.118. The third kappa shape index (κ3) is 5.92. The molecule has 1 amide bonds. The summed E-state index contributed by atoms with van der Waals surface area (Å²) < 4.78 is 20.8. The topological polar surface area (TPSA) is 85.6 Å². The number of ether oxygens (including phenoxy) is 1. The standard InChI is InChI=1S/C25H18BrCl2FN4O3/c1-2-22-32-21-7-6-15(26)10-18(21)25(35)33(22)30-12-14-8-19(27)24(20(28)9-14)36-13-23(34)31-17-5-3-4-16(29)11-17/h3-12H,2,13H2,1H3,(H,31,34). The van der Waals surface area contributed by atoms with Gasteiger partial charge in [0.05, 0.1) is 27.2 Å². The van der Waals surface area contributed by atoms with Crippen LogP contribution in [0.5, 0.6) is 5.75 Å². The summed E-state index contributed by atoms with van der Waals surface area (Å²) >= 11 is 16.0. The van der Waals surface area contributed by atoms with E-state index in [4.69, 9.17) is 27.9 Å². The highest BCUT2D eigenvalue weighted by Gasteiger charge is 2.13. The minimum absolute atomic E-state index is 0.105. The minimum atomic E-state index is -0.514. The molecule has 0 fully saturated rings. The lowest BCUT2D eigenvalue weighted by Gasteiger charge is -2.11. The van der Waals surface area contributed by atoms with Crippen LogP contribution in [0.15, 0.2) is 69.0 Å². The predicted molar refractivity (Wildman–Crippen MR) is 143 cm³/mol. The van der Waals surface area contributed by atoms with Crippen molar-refractivity contribution in [1.29, 1.82) is 0 Å². The molecule has 4 rings (SSSR count). The monoisotopic (exact) mass is 590 g/mol. The highest BCUT2D eigenvalue weighted by molar-refractivity contribution is 9.10. The van der Waals surface area contributed by atoms with Crippen LogP contribution in [-0.2, 0) is 11.2 Å². The number of hydrogen-bond donors (Lipinski definition) is 1. The first-order valence-corrected chi connectivity index (χ1v) is 12.2. The van der Waals surface area contributed by atoms with E-state index in [0.717, 1.165) is 4.47 Å². The van der Waals surface area contributed by atoms with Crippen molar-refractivity contribution in [2.24, 2.45) is 5.10 Å². The predicted octanol–water partition coefficient (Wildman–Crippen LogP) is 6.07. The normalized spacial score (nSPS) is 11.2. The van der Waals surface area contributed by atoms with Gasteiger partial charge in [0.25, 0.3) is 11.5 Å². The molecule has 36 heavy (non-hydrogen) atoms. The van der Waals surface area contributed by atoms with Gasteiger partial charge in [-0.2, -0.15) is 9.78 Å².